The van der Waals surface area contributed by atoms with E-state index in [-0.39, 0.29) is 0 Å². The Kier molecular flexibility index (Phi) is 4.60. The third kappa shape index (κ3) is 3.11. The van der Waals surface area contributed by atoms with E-state index in [4.69, 9.17) is 0 Å². The molecule has 1 rings (SSSR count). The molecule has 0 fully saturated rings. The molecule has 14 heavy (non-hydrogen) atoms. The number of hydrogen-bond donors (Lipinski definition) is 1. The Morgan fingerprint density at radius 1 is 1.29 bits per heavy atom. The quantitative estimate of drug-likeness (QED) is 0.761. The molecule has 1 atom stereocenters. The highest BCUT2D eigenvalue weighted by atomic mass is 19.1. The van der Waals surface area contributed by atoms with Gasteiger partial charge in [-0.15, -0.1) is 0 Å². The maximum Gasteiger partial charge on any atom is 0.137 e. The van der Waals surface area contributed by atoms with Gasteiger partial charge in [0.15, 0.2) is 0 Å². The zero-order valence-corrected chi connectivity index (χ0v) is 8.89. The van der Waals surface area contributed by atoms with E-state index in [9.17, 15) is 4.39 Å². The molecule has 0 heterocycles. The molecule has 1 aromatic rings. The van der Waals surface area contributed by atoms with Crippen LogP contribution in [0.15, 0.2) is 24.3 Å². The molecule has 1 aromatic carbocycles. The monoisotopic (exact) mass is 195 g/mol. The minimum atomic E-state index is -0.893. The van der Waals surface area contributed by atoms with E-state index >= 15 is 0 Å². The van der Waals surface area contributed by atoms with Crippen molar-refractivity contribution in [1.82, 2.24) is 5.32 Å². The Hall–Kier alpha value is -0.890. The maximum atomic E-state index is 13.4. The highest BCUT2D eigenvalue weighted by molar-refractivity contribution is 5.24. The lowest BCUT2D eigenvalue weighted by molar-refractivity contribution is 0.335. The second kappa shape index (κ2) is 5.76. The first kappa shape index (κ1) is 11.2. The molecule has 0 radical (unpaired) electrons. The van der Waals surface area contributed by atoms with Gasteiger partial charge in [0, 0.05) is 6.54 Å². The third-order valence-corrected chi connectivity index (χ3v) is 2.26. The van der Waals surface area contributed by atoms with Crippen LogP contribution in [0.1, 0.15) is 30.6 Å². The Labute approximate surface area is 85.3 Å². The number of likely N-dealkylation sites (N-methyl/N-ethyl adjacent to an activating group) is 1. The summed E-state index contributed by atoms with van der Waals surface area (Å²) in [6.45, 7) is 2.53. The van der Waals surface area contributed by atoms with Crippen LogP contribution < -0.4 is 5.32 Å². The van der Waals surface area contributed by atoms with Gasteiger partial charge in [-0.1, -0.05) is 37.6 Å². The van der Waals surface area contributed by atoms with Crippen molar-refractivity contribution in [3.05, 3.63) is 35.4 Å². The van der Waals surface area contributed by atoms with Gasteiger partial charge >= 0.3 is 0 Å². The fourth-order valence-electron chi connectivity index (χ4n) is 1.48. The summed E-state index contributed by atoms with van der Waals surface area (Å²) in [4.78, 5) is 0. The smallest absolute Gasteiger partial charge is 0.137 e. The van der Waals surface area contributed by atoms with Crippen LogP contribution in [-0.2, 0) is 6.42 Å². The predicted molar refractivity (Wildman–Crippen MR) is 58.2 cm³/mol. The number of nitrogens with one attached hydrogen (secondary N) is 1. The van der Waals surface area contributed by atoms with Crippen LogP contribution in [-0.4, -0.2) is 13.6 Å². The molecule has 0 aliphatic carbocycles. The van der Waals surface area contributed by atoms with Gasteiger partial charge in [-0.3, -0.25) is 0 Å². The van der Waals surface area contributed by atoms with E-state index in [2.05, 4.69) is 12.2 Å². The van der Waals surface area contributed by atoms with Crippen molar-refractivity contribution in [2.45, 2.75) is 25.9 Å². The second-order valence-electron chi connectivity index (χ2n) is 3.52. The number of rotatable bonds is 5. The molecule has 0 aromatic heterocycles. The molecule has 0 saturated heterocycles. The minimum absolute atomic E-state index is 0.382. The molecule has 1 N–H and O–H groups in total. The highest BCUT2D eigenvalue weighted by Gasteiger charge is 2.07. The van der Waals surface area contributed by atoms with Gasteiger partial charge < -0.3 is 5.32 Å². The van der Waals surface area contributed by atoms with E-state index in [0.29, 0.717) is 6.54 Å². The summed E-state index contributed by atoms with van der Waals surface area (Å²) in [6.07, 6.45) is 1.31. The average molecular weight is 195 g/mol. The van der Waals surface area contributed by atoms with Crippen molar-refractivity contribution in [3.63, 3.8) is 0 Å². The molecule has 0 amide bonds. The molecule has 0 aliphatic heterocycles. The summed E-state index contributed by atoms with van der Waals surface area (Å²) in [7, 11) is 1.76. The summed E-state index contributed by atoms with van der Waals surface area (Å²) < 4.78 is 13.4. The van der Waals surface area contributed by atoms with Crippen LogP contribution in [0.5, 0.6) is 0 Å². The largest absolute Gasteiger partial charge is 0.317 e. The van der Waals surface area contributed by atoms with Gasteiger partial charge in [0.05, 0.1) is 0 Å². The summed E-state index contributed by atoms with van der Waals surface area (Å²) >= 11 is 0. The van der Waals surface area contributed by atoms with Crippen molar-refractivity contribution in [1.29, 1.82) is 0 Å². The zero-order chi connectivity index (χ0) is 10.4. The summed E-state index contributed by atoms with van der Waals surface area (Å²) in [5, 5.41) is 2.83. The normalized spacial score (nSPS) is 12.8. The van der Waals surface area contributed by atoms with Crippen LogP contribution in [0.2, 0.25) is 0 Å². The molecule has 78 valence electrons. The Morgan fingerprint density at radius 2 is 1.93 bits per heavy atom. The van der Waals surface area contributed by atoms with Crippen LogP contribution in [0.4, 0.5) is 4.39 Å². The van der Waals surface area contributed by atoms with Gasteiger partial charge in [0.1, 0.15) is 6.17 Å². The first-order valence-electron chi connectivity index (χ1n) is 5.15. The van der Waals surface area contributed by atoms with Gasteiger partial charge in [0.2, 0.25) is 0 Å². The maximum absolute atomic E-state index is 13.4. The van der Waals surface area contributed by atoms with Gasteiger partial charge in [-0.2, -0.15) is 0 Å². The lowest BCUT2D eigenvalue weighted by Gasteiger charge is -2.08. The lowest BCUT2D eigenvalue weighted by Crippen LogP contribution is -2.13. The van der Waals surface area contributed by atoms with Crippen molar-refractivity contribution in [3.8, 4) is 0 Å². The number of benzene rings is 1. The van der Waals surface area contributed by atoms with E-state index in [1.54, 1.807) is 7.05 Å². The molecule has 1 nitrogen and oxygen atoms in total. The lowest BCUT2D eigenvalue weighted by atomic mass is 10.1. The van der Waals surface area contributed by atoms with E-state index in [1.165, 1.54) is 5.56 Å². The van der Waals surface area contributed by atoms with E-state index in [1.807, 2.05) is 24.3 Å². The SMILES string of the molecule is CCCc1ccc(C(F)CNC)cc1. The molecule has 0 spiro atoms. The van der Waals surface area contributed by atoms with Gasteiger partial charge in [-0.25, -0.2) is 4.39 Å². The Morgan fingerprint density at radius 3 is 2.43 bits per heavy atom. The van der Waals surface area contributed by atoms with E-state index < -0.39 is 6.17 Å². The average Bonchev–Trinajstić information content (AvgIpc) is 2.20. The first-order valence-corrected chi connectivity index (χ1v) is 5.15. The Balaban J connectivity index is 2.62. The van der Waals surface area contributed by atoms with Crippen LogP contribution in [0.25, 0.3) is 0 Å². The molecule has 0 saturated carbocycles. The summed E-state index contributed by atoms with van der Waals surface area (Å²) in [6, 6.07) is 7.79. The molecule has 1 unspecified atom stereocenters. The predicted octanol–water partition coefficient (Wildman–Crippen LogP) is 2.87. The molecule has 0 aliphatic rings. The highest BCUT2D eigenvalue weighted by Crippen LogP contribution is 2.17. The fourth-order valence-corrected chi connectivity index (χ4v) is 1.48. The zero-order valence-electron chi connectivity index (χ0n) is 8.89. The molecular formula is C12H18FN. The summed E-state index contributed by atoms with van der Waals surface area (Å²) in [5.41, 5.74) is 2.05. The molecule has 0 bridgehead atoms. The fraction of sp³-hybridized carbons (Fsp3) is 0.500. The Bertz CT molecular complexity index is 256. The van der Waals surface area contributed by atoms with Crippen molar-refractivity contribution in [2.24, 2.45) is 0 Å². The number of alkyl halides is 1. The topological polar surface area (TPSA) is 12.0 Å². The van der Waals surface area contributed by atoms with Crippen LogP contribution >= 0.6 is 0 Å². The van der Waals surface area contributed by atoms with Gasteiger partial charge in [0.25, 0.3) is 0 Å². The third-order valence-electron chi connectivity index (χ3n) is 2.26. The number of aryl methyl sites for hydroxylation is 1. The van der Waals surface area contributed by atoms with Crippen LogP contribution in [0, 0.1) is 0 Å². The van der Waals surface area contributed by atoms with Crippen molar-refractivity contribution >= 4 is 0 Å². The molecule has 2 heteroatoms. The second-order valence-corrected chi connectivity index (χ2v) is 3.52. The van der Waals surface area contributed by atoms with Crippen LogP contribution in [0.3, 0.4) is 0 Å². The number of hydrogen-bond acceptors (Lipinski definition) is 1. The number of halogens is 1. The molecular weight excluding hydrogens is 177 g/mol. The standard InChI is InChI=1S/C12H18FN/c1-3-4-10-5-7-11(8-6-10)12(13)9-14-2/h5-8,12,14H,3-4,9H2,1-2H3. The first-order chi connectivity index (χ1) is 6.77. The summed E-state index contributed by atoms with van der Waals surface area (Å²) in [5.74, 6) is 0. The van der Waals surface area contributed by atoms with E-state index in [0.717, 1.165) is 18.4 Å². The van der Waals surface area contributed by atoms with Crippen molar-refractivity contribution in [2.75, 3.05) is 13.6 Å². The van der Waals surface area contributed by atoms with Crippen molar-refractivity contribution < 1.29 is 4.39 Å². The minimum Gasteiger partial charge on any atom is -0.317 e. The van der Waals surface area contributed by atoms with Gasteiger partial charge in [-0.05, 0) is 24.6 Å².